The summed E-state index contributed by atoms with van der Waals surface area (Å²) in [7, 11) is 3.02. The van der Waals surface area contributed by atoms with E-state index in [1.54, 1.807) is 54.9 Å². The summed E-state index contributed by atoms with van der Waals surface area (Å²) in [5, 5.41) is 2.69. The zero-order valence-corrected chi connectivity index (χ0v) is 16.3. The lowest BCUT2D eigenvalue weighted by molar-refractivity contribution is -0.123. The maximum atomic E-state index is 12.5. The molecule has 8 heteroatoms. The number of rotatable bonds is 7. The van der Waals surface area contributed by atoms with Crippen LogP contribution in [0.1, 0.15) is 17.3 Å². The molecule has 2 aromatic carbocycles. The first kappa shape index (κ1) is 19.9. The van der Waals surface area contributed by atoms with Gasteiger partial charge in [0.15, 0.2) is 6.10 Å². The quantitative estimate of drug-likeness (QED) is 0.595. The fourth-order valence-corrected chi connectivity index (χ4v) is 2.62. The topological polar surface area (TPSA) is 103 Å². The Morgan fingerprint density at radius 1 is 1.07 bits per heavy atom. The van der Waals surface area contributed by atoms with Crippen molar-refractivity contribution in [2.75, 3.05) is 19.5 Å². The second-order valence-corrected chi connectivity index (χ2v) is 6.12. The van der Waals surface area contributed by atoms with Crippen molar-refractivity contribution < 1.29 is 23.8 Å². The smallest absolute Gasteiger partial charge is 0.338 e. The number of imidazole rings is 1. The Morgan fingerprint density at radius 2 is 1.83 bits per heavy atom. The fraction of sp³-hybridized carbons (Fsp3) is 0.190. The van der Waals surface area contributed by atoms with Gasteiger partial charge in [-0.2, -0.15) is 0 Å². The van der Waals surface area contributed by atoms with Gasteiger partial charge in [-0.25, -0.2) is 9.78 Å². The molecular formula is C21H21N3O5. The highest BCUT2D eigenvalue weighted by Gasteiger charge is 2.20. The van der Waals surface area contributed by atoms with E-state index in [4.69, 9.17) is 14.2 Å². The van der Waals surface area contributed by atoms with Crippen LogP contribution in [0.5, 0.6) is 11.5 Å². The summed E-state index contributed by atoms with van der Waals surface area (Å²) in [5.41, 5.74) is 1.59. The molecule has 3 aromatic rings. The molecule has 0 aliphatic heterocycles. The van der Waals surface area contributed by atoms with Gasteiger partial charge in [0, 0.05) is 24.0 Å². The molecule has 3 rings (SSSR count). The van der Waals surface area contributed by atoms with Gasteiger partial charge in [-0.15, -0.1) is 0 Å². The molecule has 0 aliphatic carbocycles. The number of hydrogen-bond donors (Lipinski definition) is 2. The highest BCUT2D eigenvalue weighted by Crippen LogP contribution is 2.29. The second kappa shape index (κ2) is 8.92. The Labute approximate surface area is 167 Å². The van der Waals surface area contributed by atoms with Crippen LogP contribution in [-0.2, 0) is 9.53 Å². The molecular weight excluding hydrogens is 374 g/mol. The van der Waals surface area contributed by atoms with E-state index in [1.807, 2.05) is 0 Å². The molecule has 0 radical (unpaired) electrons. The summed E-state index contributed by atoms with van der Waals surface area (Å²) in [4.78, 5) is 32.0. The number of ether oxygens (including phenoxy) is 3. The first-order valence-corrected chi connectivity index (χ1v) is 8.85. The van der Waals surface area contributed by atoms with Crippen LogP contribution < -0.4 is 14.8 Å². The predicted molar refractivity (Wildman–Crippen MR) is 107 cm³/mol. The largest absolute Gasteiger partial charge is 0.497 e. The van der Waals surface area contributed by atoms with E-state index >= 15 is 0 Å². The van der Waals surface area contributed by atoms with Crippen molar-refractivity contribution in [2.24, 2.45) is 0 Å². The van der Waals surface area contributed by atoms with Crippen molar-refractivity contribution in [3.05, 3.63) is 60.4 Å². The number of nitrogens with one attached hydrogen (secondary N) is 2. The van der Waals surface area contributed by atoms with E-state index in [0.717, 1.165) is 5.56 Å². The second-order valence-electron chi connectivity index (χ2n) is 6.12. The highest BCUT2D eigenvalue weighted by atomic mass is 16.5. The number of hydrogen-bond acceptors (Lipinski definition) is 6. The molecule has 2 N–H and O–H groups in total. The van der Waals surface area contributed by atoms with Crippen LogP contribution >= 0.6 is 0 Å². The Bertz CT molecular complexity index is 984. The van der Waals surface area contributed by atoms with Crippen LogP contribution in [0, 0.1) is 0 Å². The van der Waals surface area contributed by atoms with Crippen molar-refractivity contribution in [1.82, 2.24) is 9.97 Å². The SMILES string of the molecule is COc1ccc(OC)c(NC(=O)C(C)OC(=O)c2ccc(-c3ncc[nH]3)cc2)c1. The first-order chi connectivity index (χ1) is 14.0. The van der Waals surface area contributed by atoms with Crippen molar-refractivity contribution in [1.29, 1.82) is 0 Å². The molecule has 1 amide bonds. The maximum absolute atomic E-state index is 12.5. The zero-order chi connectivity index (χ0) is 20.8. The molecule has 150 valence electrons. The molecule has 0 saturated heterocycles. The number of amides is 1. The minimum absolute atomic E-state index is 0.332. The minimum atomic E-state index is -1.01. The molecule has 1 atom stereocenters. The lowest BCUT2D eigenvalue weighted by Gasteiger charge is -2.16. The number of H-pyrrole nitrogens is 1. The molecule has 29 heavy (non-hydrogen) atoms. The molecule has 1 aromatic heterocycles. The van der Waals surface area contributed by atoms with Gasteiger partial charge < -0.3 is 24.5 Å². The molecule has 0 fully saturated rings. The third-order valence-corrected chi connectivity index (χ3v) is 4.21. The van der Waals surface area contributed by atoms with E-state index in [1.165, 1.54) is 21.1 Å². The van der Waals surface area contributed by atoms with E-state index in [2.05, 4.69) is 15.3 Å². The molecule has 0 saturated carbocycles. The lowest BCUT2D eigenvalue weighted by atomic mass is 10.1. The predicted octanol–water partition coefficient (Wildman–Crippen LogP) is 3.28. The van der Waals surface area contributed by atoms with Gasteiger partial charge in [-0.05, 0) is 31.2 Å². The van der Waals surface area contributed by atoms with Crippen LogP contribution in [0.2, 0.25) is 0 Å². The van der Waals surface area contributed by atoms with Gasteiger partial charge in [-0.3, -0.25) is 4.79 Å². The van der Waals surface area contributed by atoms with Crippen molar-refractivity contribution in [3.8, 4) is 22.9 Å². The number of nitrogens with zero attached hydrogens (tertiary/aromatic N) is 1. The van der Waals surface area contributed by atoms with Crippen molar-refractivity contribution >= 4 is 17.6 Å². The number of esters is 1. The number of carbonyl (C=O) groups is 2. The number of aromatic amines is 1. The Hall–Kier alpha value is -3.81. The number of methoxy groups -OCH3 is 2. The van der Waals surface area contributed by atoms with Gasteiger partial charge >= 0.3 is 5.97 Å². The third-order valence-electron chi connectivity index (χ3n) is 4.21. The van der Waals surface area contributed by atoms with Crippen LogP contribution in [0.25, 0.3) is 11.4 Å². The van der Waals surface area contributed by atoms with Crippen LogP contribution in [0.3, 0.4) is 0 Å². The van der Waals surface area contributed by atoms with Gasteiger partial charge in [0.25, 0.3) is 5.91 Å². The summed E-state index contributed by atoms with van der Waals surface area (Å²) >= 11 is 0. The lowest BCUT2D eigenvalue weighted by Crippen LogP contribution is -2.30. The van der Waals surface area contributed by atoms with E-state index < -0.39 is 18.0 Å². The Balaban J connectivity index is 1.64. The standard InChI is InChI=1S/C21H21N3O5/c1-13(20(25)24-17-12-16(27-2)8-9-18(17)28-3)29-21(26)15-6-4-14(5-7-15)19-22-10-11-23-19/h4-13H,1-3H3,(H,22,23)(H,24,25). The van der Waals surface area contributed by atoms with Gasteiger partial charge in [0.2, 0.25) is 0 Å². The minimum Gasteiger partial charge on any atom is -0.497 e. The maximum Gasteiger partial charge on any atom is 0.338 e. The van der Waals surface area contributed by atoms with Crippen LogP contribution in [0.4, 0.5) is 5.69 Å². The number of benzene rings is 2. The first-order valence-electron chi connectivity index (χ1n) is 8.85. The van der Waals surface area contributed by atoms with Crippen molar-refractivity contribution in [3.63, 3.8) is 0 Å². The summed E-state index contributed by atoms with van der Waals surface area (Å²) in [5.74, 6) is 0.631. The molecule has 0 spiro atoms. The molecule has 1 heterocycles. The third kappa shape index (κ3) is 4.73. The highest BCUT2D eigenvalue weighted by molar-refractivity contribution is 5.98. The average Bonchev–Trinajstić information content (AvgIpc) is 3.28. The van der Waals surface area contributed by atoms with E-state index in [-0.39, 0.29) is 0 Å². The molecule has 1 unspecified atom stereocenters. The van der Waals surface area contributed by atoms with Gasteiger partial charge in [0.05, 0.1) is 25.5 Å². The van der Waals surface area contributed by atoms with Crippen LogP contribution in [0.15, 0.2) is 54.9 Å². The molecule has 0 bridgehead atoms. The zero-order valence-electron chi connectivity index (χ0n) is 16.3. The van der Waals surface area contributed by atoms with Crippen LogP contribution in [-0.4, -0.2) is 42.2 Å². The number of carbonyl (C=O) groups excluding carboxylic acids is 2. The van der Waals surface area contributed by atoms with Gasteiger partial charge in [-0.1, -0.05) is 12.1 Å². The molecule has 8 nitrogen and oxygen atoms in total. The van der Waals surface area contributed by atoms with Crippen molar-refractivity contribution in [2.45, 2.75) is 13.0 Å². The monoisotopic (exact) mass is 395 g/mol. The number of aromatic nitrogens is 2. The summed E-state index contributed by atoms with van der Waals surface area (Å²) in [6.45, 7) is 1.50. The summed E-state index contributed by atoms with van der Waals surface area (Å²) in [6.07, 6.45) is 2.35. The van der Waals surface area contributed by atoms with E-state index in [9.17, 15) is 9.59 Å². The molecule has 0 aliphatic rings. The summed E-state index contributed by atoms with van der Waals surface area (Å²) < 4.78 is 15.7. The Kier molecular flexibility index (Phi) is 6.13. The average molecular weight is 395 g/mol. The van der Waals surface area contributed by atoms with Gasteiger partial charge in [0.1, 0.15) is 17.3 Å². The normalized spacial score (nSPS) is 11.4. The summed E-state index contributed by atoms with van der Waals surface area (Å²) in [6, 6.07) is 11.8. The number of anilines is 1. The fourth-order valence-electron chi connectivity index (χ4n) is 2.62. The Morgan fingerprint density at radius 3 is 2.45 bits per heavy atom. The van der Waals surface area contributed by atoms with E-state index in [0.29, 0.717) is 28.6 Å².